The first-order valence-corrected chi connectivity index (χ1v) is 40.2. The maximum absolute atomic E-state index is 13.1. The molecule has 3 unspecified atom stereocenters. The highest BCUT2D eigenvalue weighted by Crippen LogP contribution is 2.43. The number of hydrogen-bond donors (Lipinski definition) is 3. The highest BCUT2D eigenvalue weighted by Gasteiger charge is 2.28. The van der Waals surface area contributed by atoms with Gasteiger partial charge in [0.2, 0.25) is 5.91 Å². The van der Waals surface area contributed by atoms with E-state index in [4.69, 9.17) is 9.05 Å². The van der Waals surface area contributed by atoms with Gasteiger partial charge in [-0.15, -0.1) is 0 Å². The molecule has 0 aromatic rings. The van der Waals surface area contributed by atoms with Crippen LogP contribution in [0.5, 0.6) is 0 Å². The van der Waals surface area contributed by atoms with Crippen molar-refractivity contribution in [2.24, 2.45) is 0 Å². The number of carbonyl (C=O) groups is 1. The van der Waals surface area contributed by atoms with Gasteiger partial charge in [0.05, 0.1) is 39.9 Å². The number of allylic oxidation sites excluding steroid dienone is 3. The predicted octanol–water partition coefficient (Wildman–Crippen LogP) is 25.0. The van der Waals surface area contributed by atoms with Crippen LogP contribution in [-0.2, 0) is 18.4 Å². The van der Waals surface area contributed by atoms with Gasteiger partial charge < -0.3 is 19.8 Å². The maximum atomic E-state index is 13.1. The van der Waals surface area contributed by atoms with E-state index in [1.54, 1.807) is 6.08 Å². The molecule has 0 spiro atoms. The Morgan fingerprint density at radius 1 is 0.384 bits per heavy atom. The molecule has 512 valence electrons. The molecule has 3 N–H and O–H groups in total. The summed E-state index contributed by atoms with van der Waals surface area (Å²) in [5.74, 6) is -0.167. The number of aliphatic hydroxyl groups is 1. The van der Waals surface area contributed by atoms with Gasteiger partial charge >= 0.3 is 7.82 Å². The second kappa shape index (κ2) is 68.3. The van der Waals surface area contributed by atoms with Gasteiger partial charge in [0.1, 0.15) is 13.2 Å². The molecule has 8 nitrogen and oxygen atoms in total. The third-order valence-electron chi connectivity index (χ3n) is 18.2. The van der Waals surface area contributed by atoms with E-state index in [2.05, 4.69) is 31.3 Å². The van der Waals surface area contributed by atoms with Crippen LogP contribution in [0.25, 0.3) is 0 Å². The molecule has 0 aromatic carbocycles. The van der Waals surface area contributed by atoms with Gasteiger partial charge in [0.25, 0.3) is 0 Å². The number of likely N-dealkylation sites (N-methyl/N-ethyl adjacent to an activating group) is 1. The second-order valence-corrected chi connectivity index (χ2v) is 29.5. The molecule has 0 aromatic heterocycles. The summed E-state index contributed by atoms with van der Waals surface area (Å²) in [4.78, 5) is 23.5. The molecule has 86 heavy (non-hydrogen) atoms. The van der Waals surface area contributed by atoms with Crippen LogP contribution in [0.4, 0.5) is 0 Å². The van der Waals surface area contributed by atoms with Crippen molar-refractivity contribution < 1.29 is 32.9 Å². The molecule has 0 radical (unpaired) electrons. The number of quaternary nitrogens is 1. The van der Waals surface area contributed by atoms with Gasteiger partial charge in [-0.3, -0.25) is 13.8 Å². The van der Waals surface area contributed by atoms with Crippen LogP contribution >= 0.6 is 7.82 Å². The van der Waals surface area contributed by atoms with E-state index in [1.807, 2.05) is 27.2 Å². The fourth-order valence-corrected chi connectivity index (χ4v) is 12.9. The first-order chi connectivity index (χ1) is 42.0. The summed E-state index contributed by atoms with van der Waals surface area (Å²) < 4.78 is 23.9. The molecule has 0 saturated carbocycles. The van der Waals surface area contributed by atoms with Crippen LogP contribution in [0.1, 0.15) is 412 Å². The van der Waals surface area contributed by atoms with E-state index in [1.165, 1.54) is 360 Å². The zero-order valence-electron chi connectivity index (χ0n) is 58.8. The van der Waals surface area contributed by atoms with Gasteiger partial charge in [-0.25, -0.2) is 4.57 Å². The monoisotopic (exact) mass is 1230 g/mol. The molecular formula is C77H154N2O6P+. The topological polar surface area (TPSA) is 105 Å². The number of carbonyl (C=O) groups excluding carboxylic acids is 1. The van der Waals surface area contributed by atoms with Crippen LogP contribution in [0.3, 0.4) is 0 Å². The minimum absolute atomic E-state index is 0.0649. The Morgan fingerprint density at radius 2 is 0.628 bits per heavy atom. The van der Waals surface area contributed by atoms with Crippen molar-refractivity contribution in [3.05, 3.63) is 24.3 Å². The van der Waals surface area contributed by atoms with Gasteiger partial charge in [0.15, 0.2) is 0 Å². The Morgan fingerprint density at radius 3 is 0.895 bits per heavy atom. The molecule has 1 amide bonds. The Labute approximate surface area is 538 Å². The SMILES string of the molecule is CCCCCCCCCC/C=C\CCCCCCCCCCCCCCCCCCCCCCCCCCCCCC(=O)NC(COP(=O)(O)OCC[N+](C)(C)C)C(O)/C=C/CCCCCCCCCCCCCCCCCCCCCCCCC. The second-order valence-electron chi connectivity index (χ2n) is 28.1. The number of phosphoric ester groups is 1. The summed E-state index contributed by atoms with van der Waals surface area (Å²) in [6.07, 6.45) is 90.8. The Bertz CT molecular complexity index is 1450. The van der Waals surface area contributed by atoms with E-state index in [9.17, 15) is 19.4 Å². The summed E-state index contributed by atoms with van der Waals surface area (Å²) in [6, 6.07) is -0.845. The van der Waals surface area contributed by atoms with Crippen molar-refractivity contribution in [2.45, 2.75) is 424 Å². The smallest absolute Gasteiger partial charge is 0.387 e. The minimum atomic E-state index is -4.35. The first-order valence-electron chi connectivity index (χ1n) is 38.7. The first kappa shape index (κ1) is 85.0. The molecule has 0 rings (SSSR count). The van der Waals surface area contributed by atoms with Crippen LogP contribution < -0.4 is 5.32 Å². The standard InChI is InChI=1S/C77H153N2O6P/c1-6-8-10-12-14-16-18-20-22-24-26-28-30-32-33-34-35-36-37-38-39-40-41-42-43-44-45-47-49-51-53-55-57-59-61-63-65-67-69-71-77(81)78-75(74-85-86(82,83)84-73-72-79(3,4)5)76(80)70-68-66-64-62-60-58-56-54-52-50-48-46-31-29-27-25-23-21-19-17-15-13-11-9-7-2/h24,26,68,70,75-76,80H,6-23,25,27-67,69,71-74H2,1-5H3,(H-,78,81,82,83)/p+1/b26-24-,70-68+. The summed E-state index contributed by atoms with van der Waals surface area (Å²) in [5.41, 5.74) is 0. The van der Waals surface area contributed by atoms with Crippen LogP contribution in [-0.4, -0.2) is 73.4 Å². The molecule has 0 aliphatic carbocycles. The zero-order chi connectivity index (χ0) is 62.6. The average molecular weight is 1240 g/mol. The summed E-state index contributed by atoms with van der Waals surface area (Å²) in [5, 5.41) is 14.0. The molecule has 0 aliphatic rings. The van der Waals surface area contributed by atoms with E-state index >= 15 is 0 Å². The molecule has 0 saturated heterocycles. The maximum Gasteiger partial charge on any atom is 0.472 e. The van der Waals surface area contributed by atoms with Gasteiger partial charge in [-0.2, -0.15) is 0 Å². The highest BCUT2D eigenvalue weighted by atomic mass is 31.2. The quantitative estimate of drug-likeness (QED) is 0.0243. The van der Waals surface area contributed by atoms with Crippen LogP contribution in [0.15, 0.2) is 24.3 Å². The lowest BCUT2D eigenvalue weighted by Gasteiger charge is -2.25. The number of nitrogens with one attached hydrogen (secondary N) is 1. The van der Waals surface area contributed by atoms with Crippen LogP contribution in [0.2, 0.25) is 0 Å². The van der Waals surface area contributed by atoms with Crippen LogP contribution in [0, 0.1) is 0 Å². The van der Waals surface area contributed by atoms with Crippen molar-refractivity contribution in [3.63, 3.8) is 0 Å². The summed E-state index contributed by atoms with van der Waals surface area (Å²) in [7, 11) is 1.60. The number of hydrogen-bond acceptors (Lipinski definition) is 5. The van der Waals surface area contributed by atoms with Gasteiger partial charge in [-0.05, 0) is 44.9 Å². The van der Waals surface area contributed by atoms with Gasteiger partial charge in [-0.1, -0.05) is 385 Å². The molecule has 0 aliphatic heterocycles. The van der Waals surface area contributed by atoms with E-state index in [0.717, 1.165) is 32.1 Å². The van der Waals surface area contributed by atoms with Gasteiger partial charge in [0, 0.05) is 6.42 Å². The lowest BCUT2D eigenvalue weighted by atomic mass is 10.0. The Balaban J connectivity index is 3.91. The number of phosphoric acid groups is 1. The Kier molecular flexibility index (Phi) is 67.5. The Hall–Kier alpha value is -1.02. The number of nitrogens with zero attached hydrogens (tertiary/aromatic N) is 1. The van der Waals surface area contributed by atoms with Crippen molar-refractivity contribution in [1.82, 2.24) is 5.32 Å². The molecule has 9 heteroatoms. The average Bonchev–Trinajstić information content (AvgIpc) is 3.70. The van der Waals surface area contributed by atoms with Crippen molar-refractivity contribution in [2.75, 3.05) is 40.9 Å². The largest absolute Gasteiger partial charge is 0.472 e. The highest BCUT2D eigenvalue weighted by molar-refractivity contribution is 7.47. The lowest BCUT2D eigenvalue weighted by molar-refractivity contribution is -0.870. The lowest BCUT2D eigenvalue weighted by Crippen LogP contribution is -2.45. The zero-order valence-corrected chi connectivity index (χ0v) is 59.7. The summed E-state index contributed by atoms with van der Waals surface area (Å²) in [6.45, 7) is 4.89. The fourth-order valence-electron chi connectivity index (χ4n) is 12.2. The van der Waals surface area contributed by atoms with E-state index in [-0.39, 0.29) is 19.1 Å². The number of aliphatic hydroxyl groups excluding tert-OH is 1. The molecule has 0 heterocycles. The molecule has 0 bridgehead atoms. The number of unbranched alkanes of at least 4 members (excludes halogenated alkanes) is 58. The molecule has 0 fully saturated rings. The van der Waals surface area contributed by atoms with Crippen molar-refractivity contribution in [3.8, 4) is 0 Å². The van der Waals surface area contributed by atoms with Crippen molar-refractivity contribution in [1.29, 1.82) is 0 Å². The normalized spacial score (nSPS) is 13.6. The molecule has 3 atom stereocenters. The summed E-state index contributed by atoms with van der Waals surface area (Å²) >= 11 is 0. The predicted molar refractivity (Wildman–Crippen MR) is 378 cm³/mol. The van der Waals surface area contributed by atoms with Crippen molar-refractivity contribution >= 4 is 13.7 Å². The third-order valence-corrected chi connectivity index (χ3v) is 19.1. The minimum Gasteiger partial charge on any atom is -0.387 e. The number of rotatable bonds is 73. The number of amides is 1. The van der Waals surface area contributed by atoms with E-state index < -0.39 is 20.0 Å². The molecular weight excluding hydrogens is 1080 g/mol. The fraction of sp³-hybridized carbons (Fsp3) is 0.935. The van der Waals surface area contributed by atoms with E-state index in [0.29, 0.717) is 17.4 Å². The third kappa shape index (κ3) is 70.4.